The molecule has 11 heteroatoms. The quantitative estimate of drug-likeness (QED) is 0.424. The van der Waals surface area contributed by atoms with Gasteiger partial charge in [0.2, 0.25) is 11.8 Å². The molecule has 4 rings (SSSR count). The molecule has 2 aromatic carbocycles. The summed E-state index contributed by atoms with van der Waals surface area (Å²) in [6, 6.07) is 12.5. The normalized spacial score (nSPS) is 11.7. The van der Waals surface area contributed by atoms with Crippen molar-refractivity contribution in [1.29, 1.82) is 0 Å². The minimum absolute atomic E-state index is 0.0500. The zero-order chi connectivity index (χ0) is 24.3. The Morgan fingerprint density at radius 2 is 1.65 bits per heavy atom. The molecule has 0 aliphatic rings. The zero-order valence-corrected chi connectivity index (χ0v) is 19.5. The highest BCUT2D eigenvalue weighted by Gasteiger charge is 2.21. The van der Waals surface area contributed by atoms with Crippen LogP contribution < -0.4 is 10.0 Å². The van der Waals surface area contributed by atoms with Crippen molar-refractivity contribution in [2.45, 2.75) is 25.7 Å². The van der Waals surface area contributed by atoms with Crippen molar-refractivity contribution in [2.24, 2.45) is 5.41 Å². The number of hydrogen-bond donors (Lipinski definition) is 2. The Labute approximate surface area is 196 Å². The lowest BCUT2D eigenvalue weighted by Crippen LogP contribution is -2.27. The Bertz CT molecular complexity index is 1410. The number of benzene rings is 2. The van der Waals surface area contributed by atoms with Gasteiger partial charge in [0.15, 0.2) is 0 Å². The molecule has 34 heavy (non-hydrogen) atoms. The van der Waals surface area contributed by atoms with Crippen LogP contribution in [0, 0.1) is 5.41 Å². The summed E-state index contributed by atoms with van der Waals surface area (Å²) in [5.74, 6) is 0.256. The second-order valence-corrected chi connectivity index (χ2v) is 10.1. The number of carbonyl (C=O) groups excluding carboxylic acids is 1. The van der Waals surface area contributed by atoms with Crippen molar-refractivity contribution in [3.05, 3.63) is 67.1 Å². The molecule has 1 amide bonds. The first-order valence-electron chi connectivity index (χ1n) is 10.3. The summed E-state index contributed by atoms with van der Waals surface area (Å²) < 4.78 is 33.9. The summed E-state index contributed by atoms with van der Waals surface area (Å²) >= 11 is 0. The average molecular weight is 479 g/mol. The van der Waals surface area contributed by atoms with Crippen LogP contribution in [0.2, 0.25) is 0 Å². The highest BCUT2D eigenvalue weighted by molar-refractivity contribution is 7.92. The highest BCUT2D eigenvalue weighted by atomic mass is 32.2. The number of sulfonamides is 1. The molecule has 10 nitrogen and oxygen atoms in total. The van der Waals surface area contributed by atoms with E-state index in [1.807, 2.05) is 0 Å². The lowest BCUT2D eigenvalue weighted by molar-refractivity contribution is -0.123. The van der Waals surface area contributed by atoms with Crippen LogP contribution >= 0.6 is 0 Å². The molecule has 2 aromatic heterocycles. The molecular formula is C23H22N6O4S. The number of aromatic nitrogens is 4. The summed E-state index contributed by atoms with van der Waals surface area (Å²) in [6.07, 6.45) is 4.55. The lowest BCUT2D eigenvalue weighted by atomic mass is 9.95. The van der Waals surface area contributed by atoms with Gasteiger partial charge in [-0.15, -0.1) is 10.2 Å². The van der Waals surface area contributed by atoms with Crippen molar-refractivity contribution in [2.75, 3.05) is 10.0 Å². The molecule has 0 saturated carbocycles. The molecule has 0 unspecified atom stereocenters. The van der Waals surface area contributed by atoms with Crippen LogP contribution in [0.5, 0.6) is 0 Å². The first-order chi connectivity index (χ1) is 16.1. The van der Waals surface area contributed by atoms with Gasteiger partial charge in [-0.2, -0.15) is 0 Å². The molecule has 0 atom stereocenters. The lowest BCUT2D eigenvalue weighted by Gasteiger charge is -2.18. The third-order valence-electron chi connectivity index (χ3n) is 4.67. The van der Waals surface area contributed by atoms with Gasteiger partial charge in [-0.25, -0.2) is 13.4 Å². The summed E-state index contributed by atoms with van der Waals surface area (Å²) in [7, 11) is -3.87. The Hall–Kier alpha value is -4.12. The van der Waals surface area contributed by atoms with Gasteiger partial charge in [-0.3, -0.25) is 14.5 Å². The molecule has 0 aliphatic carbocycles. The van der Waals surface area contributed by atoms with Gasteiger partial charge < -0.3 is 9.73 Å². The SMILES string of the molecule is CC(C)(C)C(=O)Nc1cccc(NS(=O)(=O)c2ccc(-c3nnc(-c4cnccn4)o3)cc2)c1. The summed E-state index contributed by atoms with van der Waals surface area (Å²) in [5, 5.41) is 10.7. The van der Waals surface area contributed by atoms with E-state index in [2.05, 4.69) is 30.2 Å². The minimum Gasteiger partial charge on any atom is -0.415 e. The van der Waals surface area contributed by atoms with Gasteiger partial charge in [0.25, 0.3) is 15.9 Å². The van der Waals surface area contributed by atoms with Crippen molar-refractivity contribution >= 4 is 27.3 Å². The van der Waals surface area contributed by atoms with Gasteiger partial charge in [0.1, 0.15) is 5.69 Å². The molecule has 0 spiro atoms. The Morgan fingerprint density at radius 1 is 0.941 bits per heavy atom. The van der Waals surface area contributed by atoms with Crippen molar-refractivity contribution < 1.29 is 17.6 Å². The van der Waals surface area contributed by atoms with Crippen molar-refractivity contribution in [3.8, 4) is 23.0 Å². The molecule has 0 bridgehead atoms. The van der Waals surface area contributed by atoms with Gasteiger partial charge >= 0.3 is 0 Å². The van der Waals surface area contributed by atoms with Crippen molar-refractivity contribution in [1.82, 2.24) is 20.2 Å². The Morgan fingerprint density at radius 3 is 2.32 bits per heavy atom. The predicted molar refractivity (Wildman–Crippen MR) is 126 cm³/mol. The molecule has 2 heterocycles. The maximum atomic E-state index is 12.9. The number of carbonyl (C=O) groups is 1. The number of rotatable bonds is 6. The largest absolute Gasteiger partial charge is 0.415 e. The second kappa shape index (κ2) is 9.02. The van der Waals surface area contributed by atoms with E-state index in [9.17, 15) is 13.2 Å². The minimum atomic E-state index is -3.87. The van der Waals surface area contributed by atoms with E-state index in [1.54, 1.807) is 57.2 Å². The topological polar surface area (TPSA) is 140 Å². The number of amides is 1. The Balaban J connectivity index is 1.49. The monoisotopic (exact) mass is 478 g/mol. The number of nitrogens with zero attached hydrogens (tertiary/aromatic N) is 4. The van der Waals surface area contributed by atoms with Gasteiger partial charge in [0, 0.05) is 29.1 Å². The molecule has 2 N–H and O–H groups in total. The molecule has 0 saturated heterocycles. The fourth-order valence-electron chi connectivity index (χ4n) is 2.82. The fourth-order valence-corrected chi connectivity index (χ4v) is 3.87. The number of nitrogens with one attached hydrogen (secondary N) is 2. The molecule has 174 valence electrons. The van der Waals surface area contributed by atoms with E-state index in [0.717, 1.165) is 0 Å². The average Bonchev–Trinajstić information content (AvgIpc) is 3.29. The van der Waals surface area contributed by atoms with Crippen LogP contribution in [-0.4, -0.2) is 34.5 Å². The van der Waals surface area contributed by atoms with E-state index >= 15 is 0 Å². The van der Waals surface area contributed by atoms with Gasteiger partial charge in [0.05, 0.1) is 16.8 Å². The van der Waals surface area contributed by atoms with Crippen LogP contribution in [0.25, 0.3) is 23.0 Å². The number of anilines is 2. The molecule has 0 fully saturated rings. The van der Waals surface area contributed by atoms with Crippen LogP contribution in [0.15, 0.2) is 76.4 Å². The molecular weight excluding hydrogens is 456 g/mol. The third-order valence-corrected chi connectivity index (χ3v) is 6.07. The van der Waals surface area contributed by atoms with Crippen LogP contribution in [0.4, 0.5) is 11.4 Å². The van der Waals surface area contributed by atoms with E-state index in [-0.39, 0.29) is 22.6 Å². The van der Waals surface area contributed by atoms with Crippen molar-refractivity contribution in [3.63, 3.8) is 0 Å². The molecule has 0 aliphatic heterocycles. The maximum absolute atomic E-state index is 12.9. The van der Waals surface area contributed by atoms with Gasteiger partial charge in [-0.1, -0.05) is 26.8 Å². The summed E-state index contributed by atoms with van der Waals surface area (Å²) in [5.41, 5.74) is 1.22. The smallest absolute Gasteiger partial charge is 0.268 e. The summed E-state index contributed by atoms with van der Waals surface area (Å²) in [4.78, 5) is 20.3. The second-order valence-electron chi connectivity index (χ2n) is 8.42. The van der Waals surface area contributed by atoms with E-state index in [0.29, 0.717) is 22.6 Å². The first kappa shape index (κ1) is 23.1. The van der Waals surface area contributed by atoms with Crippen LogP contribution in [0.3, 0.4) is 0 Å². The molecule has 0 radical (unpaired) electrons. The third kappa shape index (κ3) is 5.26. The Kier molecular flexibility index (Phi) is 6.12. The fraction of sp³-hybridized carbons (Fsp3) is 0.174. The predicted octanol–water partition coefficient (Wildman–Crippen LogP) is 3.98. The maximum Gasteiger partial charge on any atom is 0.268 e. The summed E-state index contributed by atoms with van der Waals surface area (Å²) in [6.45, 7) is 5.39. The van der Waals surface area contributed by atoms with E-state index < -0.39 is 15.4 Å². The standard InChI is InChI=1S/C23H22N6O4S/c1-23(2,3)22(30)26-16-5-4-6-17(13-16)29-34(31,32)18-9-7-15(8-10-18)20-27-28-21(33-20)19-14-24-11-12-25-19/h4-14,29H,1-3H3,(H,26,30). The zero-order valence-electron chi connectivity index (χ0n) is 18.7. The van der Waals surface area contributed by atoms with E-state index in [1.165, 1.54) is 30.7 Å². The van der Waals surface area contributed by atoms with E-state index in [4.69, 9.17) is 4.42 Å². The van der Waals surface area contributed by atoms with Crippen LogP contribution in [-0.2, 0) is 14.8 Å². The molecule has 4 aromatic rings. The van der Waals surface area contributed by atoms with Crippen LogP contribution in [0.1, 0.15) is 20.8 Å². The number of hydrogen-bond acceptors (Lipinski definition) is 8. The highest BCUT2D eigenvalue weighted by Crippen LogP contribution is 2.25. The first-order valence-corrected chi connectivity index (χ1v) is 11.7. The van der Waals surface area contributed by atoms with Gasteiger partial charge in [-0.05, 0) is 42.5 Å².